The molecule has 0 radical (unpaired) electrons. The molecule has 0 N–H and O–H groups in total. The van der Waals surface area contributed by atoms with Crippen LogP contribution in [0.25, 0.3) is 16.7 Å². The number of nitro benzene ring substituents is 1. The number of nitrogens with zero attached hydrogens (tertiary/aromatic N) is 3. The Balaban J connectivity index is 1.88. The van der Waals surface area contributed by atoms with E-state index in [1.54, 1.807) is 29.7 Å². The van der Waals surface area contributed by atoms with Gasteiger partial charge in [-0.25, -0.2) is 4.98 Å². The zero-order chi connectivity index (χ0) is 18.8. The summed E-state index contributed by atoms with van der Waals surface area (Å²) >= 11 is 1.66. The van der Waals surface area contributed by atoms with Gasteiger partial charge in [-0.1, -0.05) is 12.1 Å². The van der Waals surface area contributed by atoms with Crippen LogP contribution in [0.15, 0.2) is 71.0 Å². The molecule has 0 unspecified atom stereocenters. The van der Waals surface area contributed by atoms with Crippen LogP contribution in [0.3, 0.4) is 0 Å². The van der Waals surface area contributed by atoms with E-state index in [0.29, 0.717) is 23.3 Å². The largest absolute Gasteiger partial charge is 0.271 e. The van der Waals surface area contributed by atoms with Crippen LogP contribution < -0.4 is 5.56 Å². The third-order valence-electron chi connectivity index (χ3n) is 4.36. The number of thiophene rings is 1. The van der Waals surface area contributed by atoms with E-state index in [2.05, 4.69) is 4.98 Å². The maximum absolute atomic E-state index is 13.2. The molecule has 0 aliphatic heterocycles. The zero-order valence-corrected chi connectivity index (χ0v) is 15.1. The van der Waals surface area contributed by atoms with Crippen molar-refractivity contribution in [1.29, 1.82) is 0 Å². The first kappa shape index (κ1) is 17.1. The Morgan fingerprint density at radius 1 is 1.07 bits per heavy atom. The van der Waals surface area contributed by atoms with E-state index in [4.69, 9.17) is 0 Å². The molecule has 0 fully saturated rings. The highest BCUT2D eigenvalue weighted by molar-refractivity contribution is 7.09. The van der Waals surface area contributed by atoms with Gasteiger partial charge in [-0.3, -0.25) is 19.5 Å². The topological polar surface area (TPSA) is 78.0 Å². The van der Waals surface area contributed by atoms with Crippen molar-refractivity contribution in [2.75, 3.05) is 0 Å². The number of fused-ring (bicyclic) bond motifs is 1. The van der Waals surface area contributed by atoms with E-state index in [-0.39, 0.29) is 11.2 Å². The van der Waals surface area contributed by atoms with Gasteiger partial charge in [0, 0.05) is 34.2 Å². The second-order valence-electron chi connectivity index (χ2n) is 6.08. The fourth-order valence-corrected chi connectivity index (χ4v) is 3.78. The second kappa shape index (κ2) is 7.13. The average Bonchev–Trinajstić information content (AvgIpc) is 3.20. The van der Waals surface area contributed by atoms with Crippen molar-refractivity contribution in [2.45, 2.75) is 12.8 Å². The van der Waals surface area contributed by atoms with Crippen molar-refractivity contribution in [2.24, 2.45) is 0 Å². The summed E-state index contributed by atoms with van der Waals surface area (Å²) in [5.41, 5.74) is 1.33. The molecular formula is C20H15N3O3S. The summed E-state index contributed by atoms with van der Waals surface area (Å²) in [4.78, 5) is 29.4. The molecule has 3 heterocycles. The molecule has 1 aromatic carbocycles. The number of hydrogen-bond donors (Lipinski definition) is 0. The maximum atomic E-state index is 13.2. The van der Waals surface area contributed by atoms with Crippen molar-refractivity contribution in [3.63, 3.8) is 0 Å². The summed E-state index contributed by atoms with van der Waals surface area (Å²) in [5.74, 6) is 0. The van der Waals surface area contributed by atoms with Gasteiger partial charge in [0.25, 0.3) is 11.2 Å². The molecule has 4 aromatic rings. The summed E-state index contributed by atoms with van der Waals surface area (Å²) < 4.78 is 1.46. The molecule has 0 saturated carbocycles. The van der Waals surface area contributed by atoms with Crippen molar-refractivity contribution >= 4 is 28.1 Å². The highest BCUT2D eigenvalue weighted by Crippen LogP contribution is 2.21. The molecule has 27 heavy (non-hydrogen) atoms. The molecule has 0 atom stereocenters. The Bertz CT molecular complexity index is 1180. The van der Waals surface area contributed by atoms with Crippen molar-refractivity contribution in [3.05, 3.63) is 97.1 Å². The molecule has 0 spiro atoms. The Morgan fingerprint density at radius 2 is 1.96 bits per heavy atom. The van der Waals surface area contributed by atoms with Crippen LogP contribution in [0.5, 0.6) is 0 Å². The fraction of sp³-hybridized carbons (Fsp3) is 0.100. The molecule has 4 rings (SSSR count). The molecule has 3 aromatic heterocycles. The summed E-state index contributed by atoms with van der Waals surface area (Å²) in [7, 11) is 0. The van der Waals surface area contributed by atoms with Crippen LogP contribution >= 0.6 is 11.3 Å². The summed E-state index contributed by atoms with van der Waals surface area (Å²) in [6, 6.07) is 15.7. The van der Waals surface area contributed by atoms with Crippen molar-refractivity contribution in [3.8, 4) is 5.69 Å². The standard InChI is InChI=1S/C20H15N3O3S/c24-20-15(8-9-18-7-3-11-27-18)12-14-4-2-10-21-19(14)22(20)16-5-1-6-17(13-16)23(25)26/h1-7,10-13H,8-9H2. The van der Waals surface area contributed by atoms with E-state index >= 15 is 0 Å². The molecule has 0 bridgehead atoms. The zero-order valence-electron chi connectivity index (χ0n) is 14.2. The van der Waals surface area contributed by atoms with Crippen molar-refractivity contribution < 1.29 is 4.92 Å². The summed E-state index contributed by atoms with van der Waals surface area (Å²) in [6.45, 7) is 0. The first-order valence-electron chi connectivity index (χ1n) is 8.40. The molecule has 0 aliphatic carbocycles. The number of non-ortho nitro benzene ring substituents is 1. The van der Waals surface area contributed by atoms with Crippen molar-refractivity contribution in [1.82, 2.24) is 9.55 Å². The Labute approximate surface area is 158 Å². The number of hydrogen-bond acceptors (Lipinski definition) is 5. The SMILES string of the molecule is O=c1c(CCc2cccs2)cc2cccnc2n1-c1cccc([N+](=O)[O-])c1. The van der Waals surface area contributed by atoms with Gasteiger partial charge < -0.3 is 0 Å². The Morgan fingerprint density at radius 3 is 2.74 bits per heavy atom. The monoisotopic (exact) mass is 377 g/mol. The highest BCUT2D eigenvalue weighted by Gasteiger charge is 2.14. The van der Waals surface area contributed by atoms with Gasteiger partial charge in [-0.2, -0.15) is 0 Å². The summed E-state index contributed by atoms with van der Waals surface area (Å²) in [6.07, 6.45) is 2.98. The van der Waals surface area contributed by atoms with Gasteiger partial charge in [0.2, 0.25) is 0 Å². The van der Waals surface area contributed by atoms with E-state index in [0.717, 1.165) is 11.8 Å². The maximum Gasteiger partial charge on any atom is 0.271 e. The lowest BCUT2D eigenvalue weighted by atomic mass is 10.1. The lowest BCUT2D eigenvalue weighted by molar-refractivity contribution is -0.384. The smallest absolute Gasteiger partial charge is 0.269 e. The number of aryl methyl sites for hydroxylation is 2. The first-order chi connectivity index (χ1) is 13.1. The predicted octanol–water partition coefficient (Wildman–Crippen LogP) is 4.14. The van der Waals surface area contributed by atoms with E-state index in [1.165, 1.54) is 21.6 Å². The number of nitro groups is 1. The molecule has 0 amide bonds. The lowest BCUT2D eigenvalue weighted by Crippen LogP contribution is -2.23. The molecule has 7 heteroatoms. The van der Waals surface area contributed by atoms with E-state index in [1.807, 2.05) is 35.7 Å². The second-order valence-corrected chi connectivity index (χ2v) is 7.11. The minimum Gasteiger partial charge on any atom is -0.269 e. The molecule has 134 valence electrons. The Hall–Kier alpha value is -3.32. The van der Waals surface area contributed by atoms with Gasteiger partial charge >= 0.3 is 0 Å². The van der Waals surface area contributed by atoms with Crippen LogP contribution in [-0.2, 0) is 12.8 Å². The molecule has 0 aliphatic rings. The molecule has 6 nitrogen and oxygen atoms in total. The Kier molecular flexibility index (Phi) is 4.52. The van der Waals surface area contributed by atoms with Crippen LogP contribution in [-0.4, -0.2) is 14.5 Å². The molecule has 0 saturated heterocycles. The van der Waals surface area contributed by atoms with Gasteiger partial charge in [0.15, 0.2) is 0 Å². The minimum atomic E-state index is -0.467. The first-order valence-corrected chi connectivity index (χ1v) is 9.28. The summed E-state index contributed by atoms with van der Waals surface area (Å²) in [5, 5.41) is 14.0. The van der Waals surface area contributed by atoms with Gasteiger partial charge in [-0.05, 0) is 48.6 Å². The van der Waals surface area contributed by atoms with Crippen LogP contribution in [0.4, 0.5) is 5.69 Å². The lowest BCUT2D eigenvalue weighted by Gasteiger charge is -2.12. The average molecular weight is 377 g/mol. The minimum absolute atomic E-state index is 0.0625. The number of rotatable bonds is 5. The van der Waals surface area contributed by atoms with Crippen LogP contribution in [0.2, 0.25) is 0 Å². The molecular weight excluding hydrogens is 362 g/mol. The van der Waals surface area contributed by atoms with Crippen LogP contribution in [0.1, 0.15) is 10.4 Å². The number of benzene rings is 1. The van der Waals surface area contributed by atoms with Gasteiger partial charge in [0.1, 0.15) is 5.65 Å². The van der Waals surface area contributed by atoms with Gasteiger partial charge in [0.05, 0.1) is 10.6 Å². The third kappa shape index (κ3) is 3.37. The normalized spacial score (nSPS) is 11.0. The number of pyridine rings is 2. The number of aromatic nitrogens is 2. The van der Waals surface area contributed by atoms with Gasteiger partial charge in [-0.15, -0.1) is 11.3 Å². The third-order valence-corrected chi connectivity index (χ3v) is 5.29. The quantitative estimate of drug-likeness (QED) is 0.387. The van der Waals surface area contributed by atoms with E-state index in [9.17, 15) is 14.9 Å². The highest BCUT2D eigenvalue weighted by atomic mass is 32.1. The fourth-order valence-electron chi connectivity index (χ4n) is 3.08. The van der Waals surface area contributed by atoms with Crippen LogP contribution in [0, 0.1) is 10.1 Å². The van der Waals surface area contributed by atoms with E-state index < -0.39 is 4.92 Å². The predicted molar refractivity (Wildman–Crippen MR) is 106 cm³/mol.